The minimum atomic E-state index is -0.714. The first-order valence-corrected chi connectivity index (χ1v) is 9.46. The number of thiophene rings is 1. The molecule has 138 valence electrons. The maximum Gasteiger partial charge on any atom is 0.279 e. The molecule has 1 heterocycles. The number of benzene rings is 1. The lowest BCUT2D eigenvalue weighted by atomic mass is 10.00. The summed E-state index contributed by atoms with van der Waals surface area (Å²) >= 11 is 1.47. The first-order valence-electron chi connectivity index (χ1n) is 8.64. The van der Waals surface area contributed by atoms with Gasteiger partial charge in [0.2, 0.25) is 0 Å². The number of carbonyl (C=O) groups is 2. The molecule has 1 aromatic heterocycles. The van der Waals surface area contributed by atoms with Gasteiger partial charge in [0.15, 0.2) is 0 Å². The van der Waals surface area contributed by atoms with Crippen LogP contribution in [0, 0.1) is 5.82 Å². The van der Waals surface area contributed by atoms with E-state index in [1.165, 1.54) is 53.9 Å². The second-order valence-corrected chi connectivity index (χ2v) is 7.36. The van der Waals surface area contributed by atoms with Crippen molar-refractivity contribution >= 4 is 23.2 Å². The van der Waals surface area contributed by atoms with Crippen molar-refractivity contribution in [2.45, 2.75) is 38.5 Å². The molecule has 7 heteroatoms. The predicted octanol–water partition coefficient (Wildman–Crippen LogP) is 3.63. The summed E-state index contributed by atoms with van der Waals surface area (Å²) in [6.07, 6.45) is 6.71. The normalized spacial score (nSPS) is 13.9. The van der Waals surface area contributed by atoms with Gasteiger partial charge in [-0.15, -0.1) is 11.3 Å². The Morgan fingerprint density at radius 3 is 2.50 bits per heavy atom. The molecule has 5 nitrogen and oxygen atoms in total. The number of hydrogen-bond acceptors (Lipinski definition) is 4. The SMILES string of the molecule is COc1ccc(C(=O)NNC(=O)c2cc3c(s2)CCCCCC3)c(F)c1. The van der Waals surface area contributed by atoms with Gasteiger partial charge in [-0.25, -0.2) is 4.39 Å². The number of amides is 2. The Labute approximate surface area is 155 Å². The molecule has 0 bridgehead atoms. The molecule has 1 aliphatic rings. The van der Waals surface area contributed by atoms with Gasteiger partial charge in [0.1, 0.15) is 11.6 Å². The van der Waals surface area contributed by atoms with E-state index in [1.54, 1.807) is 0 Å². The van der Waals surface area contributed by atoms with Crippen molar-refractivity contribution in [2.24, 2.45) is 0 Å². The number of fused-ring (bicyclic) bond motifs is 1. The average molecular weight is 376 g/mol. The molecule has 0 aliphatic heterocycles. The number of methoxy groups -OCH3 is 1. The summed E-state index contributed by atoms with van der Waals surface area (Å²) < 4.78 is 18.8. The van der Waals surface area contributed by atoms with Crippen LogP contribution in [0.1, 0.15) is 56.2 Å². The van der Waals surface area contributed by atoms with Crippen molar-refractivity contribution in [1.82, 2.24) is 10.9 Å². The van der Waals surface area contributed by atoms with Crippen LogP contribution < -0.4 is 15.6 Å². The largest absolute Gasteiger partial charge is 0.497 e. The molecular weight excluding hydrogens is 355 g/mol. The second-order valence-electron chi connectivity index (χ2n) is 6.23. The fraction of sp³-hybridized carbons (Fsp3) is 0.368. The summed E-state index contributed by atoms with van der Waals surface area (Å²) in [4.78, 5) is 26.2. The van der Waals surface area contributed by atoms with Crippen molar-refractivity contribution in [1.29, 1.82) is 0 Å². The number of rotatable bonds is 3. The van der Waals surface area contributed by atoms with E-state index in [4.69, 9.17) is 4.74 Å². The maximum absolute atomic E-state index is 13.9. The van der Waals surface area contributed by atoms with E-state index in [0.29, 0.717) is 10.6 Å². The van der Waals surface area contributed by atoms with Gasteiger partial charge in [0, 0.05) is 10.9 Å². The number of ether oxygens (including phenoxy) is 1. The zero-order valence-corrected chi connectivity index (χ0v) is 15.4. The fourth-order valence-electron chi connectivity index (χ4n) is 3.01. The van der Waals surface area contributed by atoms with Gasteiger partial charge in [0.05, 0.1) is 17.6 Å². The standard InChI is InChI=1S/C19H21FN2O3S/c1-25-13-8-9-14(15(20)11-13)18(23)21-22-19(24)17-10-12-6-4-2-3-5-7-16(12)26-17/h8-11H,2-7H2,1H3,(H,21,23)(H,22,24). The molecule has 0 saturated carbocycles. The lowest BCUT2D eigenvalue weighted by Gasteiger charge is -2.08. The molecule has 0 unspecified atom stereocenters. The topological polar surface area (TPSA) is 67.4 Å². The molecule has 0 atom stereocenters. The van der Waals surface area contributed by atoms with E-state index < -0.39 is 11.7 Å². The Morgan fingerprint density at radius 2 is 1.77 bits per heavy atom. The lowest BCUT2D eigenvalue weighted by molar-refractivity contribution is 0.0846. The third-order valence-electron chi connectivity index (χ3n) is 4.43. The summed E-state index contributed by atoms with van der Waals surface area (Å²) in [7, 11) is 1.42. The number of hydrazine groups is 1. The molecule has 1 aliphatic carbocycles. The smallest absolute Gasteiger partial charge is 0.279 e. The fourth-order valence-corrected chi connectivity index (χ4v) is 4.15. The zero-order valence-electron chi connectivity index (χ0n) is 14.6. The number of nitrogens with one attached hydrogen (secondary N) is 2. The Morgan fingerprint density at radius 1 is 1.04 bits per heavy atom. The predicted molar refractivity (Wildman–Crippen MR) is 98.1 cm³/mol. The van der Waals surface area contributed by atoms with Gasteiger partial charge in [-0.3, -0.25) is 20.4 Å². The zero-order chi connectivity index (χ0) is 18.5. The quantitative estimate of drug-likeness (QED) is 0.804. The van der Waals surface area contributed by atoms with E-state index in [2.05, 4.69) is 10.9 Å². The minimum Gasteiger partial charge on any atom is -0.497 e. The lowest BCUT2D eigenvalue weighted by Crippen LogP contribution is -2.41. The third-order valence-corrected chi connectivity index (χ3v) is 5.67. The summed E-state index contributed by atoms with van der Waals surface area (Å²) in [6.45, 7) is 0. The van der Waals surface area contributed by atoms with Gasteiger partial charge in [-0.2, -0.15) is 0 Å². The number of halogens is 1. The van der Waals surface area contributed by atoms with E-state index in [0.717, 1.165) is 31.7 Å². The van der Waals surface area contributed by atoms with Crippen LogP contribution in [-0.2, 0) is 12.8 Å². The molecular formula is C19H21FN2O3S. The molecule has 2 N–H and O–H groups in total. The van der Waals surface area contributed by atoms with Gasteiger partial charge >= 0.3 is 0 Å². The number of hydrogen-bond donors (Lipinski definition) is 2. The highest BCUT2D eigenvalue weighted by molar-refractivity contribution is 7.14. The first kappa shape index (κ1) is 18.4. The molecule has 0 spiro atoms. The molecule has 0 fully saturated rings. The van der Waals surface area contributed by atoms with E-state index >= 15 is 0 Å². The molecule has 2 amide bonds. The average Bonchev–Trinajstić information content (AvgIpc) is 3.01. The van der Waals surface area contributed by atoms with Crippen LogP contribution >= 0.6 is 11.3 Å². The molecule has 1 aromatic carbocycles. The van der Waals surface area contributed by atoms with Crippen LogP contribution in [0.4, 0.5) is 4.39 Å². The summed E-state index contributed by atoms with van der Waals surface area (Å²) in [5.41, 5.74) is 5.70. The van der Waals surface area contributed by atoms with Crippen LogP contribution in [0.2, 0.25) is 0 Å². The maximum atomic E-state index is 13.9. The highest BCUT2D eigenvalue weighted by atomic mass is 32.1. The first-order chi connectivity index (χ1) is 12.6. The van der Waals surface area contributed by atoms with Crippen molar-refractivity contribution < 1.29 is 18.7 Å². The van der Waals surface area contributed by atoms with Crippen molar-refractivity contribution in [3.8, 4) is 5.75 Å². The van der Waals surface area contributed by atoms with Crippen LogP contribution in [-0.4, -0.2) is 18.9 Å². The second kappa shape index (κ2) is 8.31. The van der Waals surface area contributed by atoms with Crippen LogP contribution in [0.5, 0.6) is 5.75 Å². The monoisotopic (exact) mass is 376 g/mol. The molecule has 3 rings (SSSR count). The molecule has 0 saturated heterocycles. The Hall–Kier alpha value is -2.41. The van der Waals surface area contributed by atoms with Crippen LogP contribution in [0.15, 0.2) is 24.3 Å². The van der Waals surface area contributed by atoms with Gasteiger partial charge in [-0.1, -0.05) is 12.8 Å². The van der Waals surface area contributed by atoms with Crippen molar-refractivity contribution in [2.75, 3.05) is 7.11 Å². The van der Waals surface area contributed by atoms with Gasteiger partial charge in [-0.05, 0) is 49.4 Å². The van der Waals surface area contributed by atoms with E-state index in [-0.39, 0.29) is 11.5 Å². The van der Waals surface area contributed by atoms with Crippen molar-refractivity contribution in [3.63, 3.8) is 0 Å². The highest BCUT2D eigenvalue weighted by Gasteiger charge is 2.18. The molecule has 2 aromatic rings. The number of carbonyl (C=O) groups excluding carboxylic acids is 2. The van der Waals surface area contributed by atoms with Crippen LogP contribution in [0.3, 0.4) is 0 Å². The van der Waals surface area contributed by atoms with Crippen LogP contribution in [0.25, 0.3) is 0 Å². The summed E-state index contributed by atoms with van der Waals surface area (Å²) in [6, 6.07) is 5.82. The Balaban J connectivity index is 1.63. The van der Waals surface area contributed by atoms with E-state index in [1.807, 2.05) is 6.07 Å². The Bertz CT molecular complexity index is 794. The highest BCUT2D eigenvalue weighted by Crippen LogP contribution is 2.28. The number of aryl methyl sites for hydroxylation is 2. The summed E-state index contributed by atoms with van der Waals surface area (Å²) in [5, 5.41) is 0. The molecule has 26 heavy (non-hydrogen) atoms. The van der Waals surface area contributed by atoms with Gasteiger partial charge < -0.3 is 4.74 Å². The third kappa shape index (κ3) is 4.22. The Kier molecular flexibility index (Phi) is 5.88. The van der Waals surface area contributed by atoms with E-state index in [9.17, 15) is 14.0 Å². The minimum absolute atomic E-state index is 0.162. The van der Waals surface area contributed by atoms with Gasteiger partial charge in [0.25, 0.3) is 11.8 Å². The molecule has 0 radical (unpaired) electrons. The van der Waals surface area contributed by atoms with Crippen molar-refractivity contribution in [3.05, 3.63) is 51.0 Å². The summed E-state index contributed by atoms with van der Waals surface area (Å²) in [5.74, 6) is -1.49.